The van der Waals surface area contributed by atoms with Gasteiger partial charge in [-0.25, -0.2) is 0 Å². The molecule has 1 aliphatic rings. The molecule has 2 aromatic carbocycles. The molecule has 0 radical (unpaired) electrons. The number of nitrogens with two attached hydrogens (primary N) is 1. The quantitative estimate of drug-likeness (QED) is 0.921. The van der Waals surface area contributed by atoms with Crippen molar-refractivity contribution in [2.24, 2.45) is 5.73 Å². The highest BCUT2D eigenvalue weighted by atomic mass is 35.5. The second-order valence-electron chi connectivity index (χ2n) is 4.85. The summed E-state index contributed by atoms with van der Waals surface area (Å²) in [5.41, 5.74) is 8.75. The highest BCUT2D eigenvalue weighted by Gasteiger charge is 2.25. The van der Waals surface area contributed by atoms with Gasteiger partial charge in [0.2, 0.25) is 0 Å². The fourth-order valence-electron chi connectivity index (χ4n) is 2.37. The molecule has 0 spiro atoms. The summed E-state index contributed by atoms with van der Waals surface area (Å²) in [4.78, 5) is 0. The minimum Gasteiger partial charge on any atom is -0.486 e. The molecule has 1 aliphatic heterocycles. The van der Waals surface area contributed by atoms with Crippen LogP contribution in [0.4, 0.5) is 0 Å². The summed E-state index contributed by atoms with van der Waals surface area (Å²) >= 11 is 6.39. The Morgan fingerprint density at radius 2 is 2.05 bits per heavy atom. The number of aryl methyl sites for hydroxylation is 1. The van der Waals surface area contributed by atoms with Crippen LogP contribution in [0.25, 0.3) is 11.1 Å². The van der Waals surface area contributed by atoms with Gasteiger partial charge >= 0.3 is 0 Å². The number of halogens is 1. The molecule has 3 rings (SSSR count). The van der Waals surface area contributed by atoms with Gasteiger partial charge in [-0.3, -0.25) is 0 Å². The van der Waals surface area contributed by atoms with Crippen molar-refractivity contribution in [1.29, 1.82) is 0 Å². The second-order valence-corrected chi connectivity index (χ2v) is 5.26. The molecule has 0 amide bonds. The van der Waals surface area contributed by atoms with E-state index >= 15 is 0 Å². The highest BCUT2D eigenvalue weighted by molar-refractivity contribution is 6.34. The zero-order chi connectivity index (χ0) is 14.1. The van der Waals surface area contributed by atoms with E-state index in [1.54, 1.807) is 0 Å². The predicted octanol–water partition coefficient (Wildman–Crippen LogP) is 3.41. The third-order valence-corrected chi connectivity index (χ3v) is 3.77. The van der Waals surface area contributed by atoms with Crippen molar-refractivity contribution in [2.45, 2.75) is 13.0 Å². The first-order valence-corrected chi connectivity index (χ1v) is 6.96. The van der Waals surface area contributed by atoms with E-state index in [4.69, 9.17) is 26.8 Å². The summed E-state index contributed by atoms with van der Waals surface area (Å²) in [6.45, 7) is 2.94. The molecule has 1 heterocycles. The molecule has 0 aliphatic carbocycles. The van der Waals surface area contributed by atoms with Crippen molar-refractivity contribution in [2.75, 3.05) is 13.2 Å². The Hall–Kier alpha value is -1.71. The second kappa shape index (κ2) is 5.35. The minimum absolute atomic E-state index is 0.135. The Morgan fingerprint density at radius 1 is 1.25 bits per heavy atom. The number of benzene rings is 2. The van der Waals surface area contributed by atoms with E-state index in [-0.39, 0.29) is 6.10 Å². The lowest BCUT2D eigenvalue weighted by Gasteiger charge is -2.28. The van der Waals surface area contributed by atoms with Crippen LogP contribution in [-0.2, 0) is 0 Å². The standard InChI is InChI=1S/C16H16ClNO2/c1-10-4-2-3-5-12(10)15-13(17)6-7-14-16(15)20-11(8-18)9-19-14/h2-7,11H,8-9,18H2,1H3. The van der Waals surface area contributed by atoms with Gasteiger partial charge in [0.25, 0.3) is 0 Å². The molecular formula is C16H16ClNO2. The normalized spacial score (nSPS) is 17.1. The summed E-state index contributed by atoms with van der Waals surface area (Å²) in [6.07, 6.45) is -0.135. The maximum absolute atomic E-state index is 6.39. The number of hydrogen-bond donors (Lipinski definition) is 1. The van der Waals surface area contributed by atoms with Gasteiger partial charge in [0.05, 0.1) is 5.02 Å². The summed E-state index contributed by atoms with van der Waals surface area (Å²) in [5.74, 6) is 1.41. The molecule has 0 saturated carbocycles. The van der Waals surface area contributed by atoms with Crippen LogP contribution in [0.15, 0.2) is 36.4 Å². The lowest BCUT2D eigenvalue weighted by Crippen LogP contribution is -2.36. The van der Waals surface area contributed by atoms with Crippen molar-refractivity contribution in [3.05, 3.63) is 47.0 Å². The van der Waals surface area contributed by atoms with Crippen molar-refractivity contribution in [3.63, 3.8) is 0 Å². The molecule has 1 unspecified atom stereocenters. The number of hydrogen-bond acceptors (Lipinski definition) is 3. The van der Waals surface area contributed by atoms with Crippen molar-refractivity contribution in [3.8, 4) is 22.6 Å². The highest BCUT2D eigenvalue weighted by Crippen LogP contribution is 2.45. The molecule has 4 heteroatoms. The van der Waals surface area contributed by atoms with E-state index in [1.807, 2.05) is 30.3 Å². The lowest BCUT2D eigenvalue weighted by molar-refractivity contribution is 0.0976. The monoisotopic (exact) mass is 289 g/mol. The topological polar surface area (TPSA) is 44.5 Å². The molecule has 0 aromatic heterocycles. The molecule has 2 aromatic rings. The smallest absolute Gasteiger partial charge is 0.171 e. The van der Waals surface area contributed by atoms with E-state index in [9.17, 15) is 0 Å². The van der Waals surface area contributed by atoms with Gasteiger partial charge in [-0.1, -0.05) is 35.9 Å². The van der Waals surface area contributed by atoms with Gasteiger partial charge in [0.15, 0.2) is 11.5 Å². The molecule has 0 bridgehead atoms. The number of fused-ring (bicyclic) bond motifs is 1. The number of rotatable bonds is 2. The summed E-state index contributed by atoms with van der Waals surface area (Å²) < 4.78 is 11.7. The summed E-state index contributed by atoms with van der Waals surface area (Å²) in [5, 5.41) is 0.652. The van der Waals surface area contributed by atoms with Crippen LogP contribution in [0.2, 0.25) is 5.02 Å². The van der Waals surface area contributed by atoms with Crippen LogP contribution >= 0.6 is 11.6 Å². The van der Waals surface area contributed by atoms with E-state index in [2.05, 4.69) is 13.0 Å². The molecule has 2 N–H and O–H groups in total. The molecule has 104 valence electrons. The maximum Gasteiger partial charge on any atom is 0.171 e. The van der Waals surface area contributed by atoms with Gasteiger partial charge in [0.1, 0.15) is 12.7 Å². The fourth-order valence-corrected chi connectivity index (χ4v) is 2.62. The average molecular weight is 290 g/mol. The van der Waals surface area contributed by atoms with Crippen LogP contribution in [0.1, 0.15) is 5.56 Å². The van der Waals surface area contributed by atoms with E-state index in [0.29, 0.717) is 23.9 Å². The first-order valence-electron chi connectivity index (χ1n) is 6.58. The average Bonchev–Trinajstić information content (AvgIpc) is 2.48. The minimum atomic E-state index is -0.135. The summed E-state index contributed by atoms with van der Waals surface area (Å²) in [6, 6.07) is 11.8. The Morgan fingerprint density at radius 3 is 2.80 bits per heavy atom. The molecule has 1 atom stereocenters. The van der Waals surface area contributed by atoms with Gasteiger partial charge in [-0.15, -0.1) is 0 Å². The third kappa shape index (κ3) is 2.23. The molecule has 0 fully saturated rings. The molecule has 0 saturated heterocycles. The van der Waals surface area contributed by atoms with Crippen LogP contribution in [0, 0.1) is 6.92 Å². The van der Waals surface area contributed by atoms with Gasteiger partial charge in [-0.2, -0.15) is 0 Å². The Bertz CT molecular complexity index is 642. The first-order chi connectivity index (χ1) is 9.70. The zero-order valence-corrected chi connectivity index (χ0v) is 12.0. The van der Waals surface area contributed by atoms with Crippen LogP contribution in [0.3, 0.4) is 0 Å². The fraction of sp³-hybridized carbons (Fsp3) is 0.250. The predicted molar refractivity (Wildman–Crippen MR) is 80.6 cm³/mol. The zero-order valence-electron chi connectivity index (χ0n) is 11.2. The van der Waals surface area contributed by atoms with Crippen molar-refractivity contribution < 1.29 is 9.47 Å². The van der Waals surface area contributed by atoms with Crippen LogP contribution < -0.4 is 15.2 Å². The largest absolute Gasteiger partial charge is 0.486 e. The molecule has 3 nitrogen and oxygen atoms in total. The number of ether oxygens (including phenoxy) is 2. The van der Waals surface area contributed by atoms with E-state index in [1.165, 1.54) is 0 Å². The van der Waals surface area contributed by atoms with E-state index < -0.39 is 0 Å². The maximum atomic E-state index is 6.39. The van der Waals surface area contributed by atoms with Crippen molar-refractivity contribution >= 4 is 11.6 Å². The molecule has 20 heavy (non-hydrogen) atoms. The third-order valence-electron chi connectivity index (χ3n) is 3.46. The molecular weight excluding hydrogens is 274 g/mol. The Kier molecular flexibility index (Phi) is 3.55. The van der Waals surface area contributed by atoms with Gasteiger partial charge < -0.3 is 15.2 Å². The summed E-state index contributed by atoms with van der Waals surface area (Å²) in [7, 11) is 0. The first kappa shape index (κ1) is 13.3. The van der Waals surface area contributed by atoms with Gasteiger partial charge in [0, 0.05) is 12.1 Å². The SMILES string of the molecule is Cc1ccccc1-c1c(Cl)ccc2c1OC(CN)CO2. The van der Waals surface area contributed by atoms with Crippen molar-refractivity contribution in [1.82, 2.24) is 0 Å². The Labute approximate surface area is 123 Å². The van der Waals surface area contributed by atoms with Gasteiger partial charge in [-0.05, 0) is 30.2 Å². The van der Waals surface area contributed by atoms with Crippen LogP contribution in [0.5, 0.6) is 11.5 Å². The van der Waals surface area contributed by atoms with E-state index in [0.717, 1.165) is 22.4 Å². The lowest BCUT2D eigenvalue weighted by atomic mass is 9.99. The Balaban J connectivity index is 2.18. The van der Waals surface area contributed by atoms with Crippen LogP contribution in [-0.4, -0.2) is 19.3 Å².